The van der Waals surface area contributed by atoms with Crippen molar-refractivity contribution in [1.29, 1.82) is 0 Å². The molecule has 0 saturated heterocycles. The van der Waals surface area contributed by atoms with Gasteiger partial charge in [0.2, 0.25) is 0 Å². The van der Waals surface area contributed by atoms with Crippen LogP contribution in [0.15, 0.2) is 47.5 Å². The number of aromatic nitrogens is 1. The van der Waals surface area contributed by atoms with Gasteiger partial charge in [0.05, 0.1) is 15.1 Å². The normalized spacial score (nSPS) is 12.1. The molecule has 3 aromatic rings. The first kappa shape index (κ1) is 17.0. The Morgan fingerprint density at radius 2 is 2.00 bits per heavy atom. The maximum atomic E-state index is 12.4. The van der Waals surface area contributed by atoms with E-state index in [0.29, 0.717) is 10.7 Å². The molecule has 1 amide bonds. The lowest BCUT2D eigenvalue weighted by Crippen LogP contribution is -2.13. The molecule has 128 valence electrons. The number of nitro benzene ring substituents is 1. The smallest absolute Gasteiger partial charge is 0.279 e. The Kier molecular flexibility index (Phi) is 4.50. The van der Waals surface area contributed by atoms with E-state index in [2.05, 4.69) is 31.0 Å². The summed E-state index contributed by atoms with van der Waals surface area (Å²) < 4.78 is 2.92. The molecule has 0 aliphatic carbocycles. The number of aryl methyl sites for hydroxylation is 1. The SMILES string of the molecule is CC(C)c1ccc2c(c1)sc(=NC(=O)c1cccc([N+](=O)[O-])c1)n2C. The van der Waals surface area contributed by atoms with Crippen molar-refractivity contribution in [3.8, 4) is 0 Å². The quantitative estimate of drug-likeness (QED) is 0.526. The molecule has 0 atom stereocenters. The molecule has 25 heavy (non-hydrogen) atoms. The molecule has 0 saturated carbocycles. The fraction of sp³-hybridized carbons (Fsp3) is 0.222. The molecule has 0 fully saturated rings. The van der Waals surface area contributed by atoms with Gasteiger partial charge in [-0.05, 0) is 29.7 Å². The van der Waals surface area contributed by atoms with Gasteiger partial charge in [0.25, 0.3) is 11.6 Å². The average molecular weight is 355 g/mol. The zero-order chi connectivity index (χ0) is 18.1. The van der Waals surface area contributed by atoms with E-state index in [-0.39, 0.29) is 11.3 Å². The number of nitro groups is 1. The number of thiazole rings is 1. The first-order valence-electron chi connectivity index (χ1n) is 7.80. The summed E-state index contributed by atoms with van der Waals surface area (Å²) >= 11 is 1.43. The van der Waals surface area contributed by atoms with Gasteiger partial charge in [-0.3, -0.25) is 14.9 Å². The molecule has 1 heterocycles. The molecular formula is C18H17N3O3S. The van der Waals surface area contributed by atoms with Crippen molar-refractivity contribution in [3.63, 3.8) is 0 Å². The van der Waals surface area contributed by atoms with Crippen LogP contribution >= 0.6 is 11.3 Å². The highest BCUT2D eigenvalue weighted by atomic mass is 32.1. The fourth-order valence-corrected chi connectivity index (χ4v) is 3.59. The average Bonchev–Trinajstić information content (AvgIpc) is 2.90. The molecule has 2 aromatic carbocycles. The number of carbonyl (C=O) groups excluding carboxylic acids is 1. The van der Waals surface area contributed by atoms with Crippen molar-refractivity contribution in [2.24, 2.45) is 12.0 Å². The van der Waals surface area contributed by atoms with E-state index in [1.165, 1.54) is 41.2 Å². The third-order valence-electron chi connectivity index (χ3n) is 4.00. The van der Waals surface area contributed by atoms with E-state index in [1.54, 1.807) is 0 Å². The lowest BCUT2D eigenvalue weighted by Gasteiger charge is -2.04. The Hall–Kier alpha value is -2.80. The predicted molar refractivity (Wildman–Crippen MR) is 97.9 cm³/mol. The number of carbonyl (C=O) groups is 1. The lowest BCUT2D eigenvalue weighted by atomic mass is 10.0. The molecule has 0 spiro atoms. The molecule has 0 aliphatic rings. The Morgan fingerprint density at radius 3 is 2.68 bits per heavy atom. The highest BCUT2D eigenvalue weighted by Crippen LogP contribution is 2.23. The summed E-state index contributed by atoms with van der Waals surface area (Å²) in [6.45, 7) is 4.26. The van der Waals surface area contributed by atoms with Crippen molar-refractivity contribution in [2.75, 3.05) is 0 Å². The van der Waals surface area contributed by atoms with Crippen LogP contribution in [0, 0.1) is 10.1 Å². The summed E-state index contributed by atoms with van der Waals surface area (Å²) in [6.07, 6.45) is 0. The minimum absolute atomic E-state index is 0.122. The summed E-state index contributed by atoms with van der Waals surface area (Å²) in [4.78, 5) is 27.5. The van der Waals surface area contributed by atoms with E-state index >= 15 is 0 Å². The van der Waals surface area contributed by atoms with Crippen LogP contribution in [0.1, 0.15) is 35.7 Å². The Morgan fingerprint density at radius 1 is 1.24 bits per heavy atom. The largest absolute Gasteiger partial charge is 0.319 e. The van der Waals surface area contributed by atoms with Gasteiger partial charge >= 0.3 is 0 Å². The molecule has 6 nitrogen and oxygen atoms in total. The van der Waals surface area contributed by atoms with Crippen LogP contribution in [0.5, 0.6) is 0 Å². The molecule has 0 bridgehead atoms. The number of nitrogens with zero attached hydrogens (tertiary/aromatic N) is 3. The number of hydrogen-bond acceptors (Lipinski definition) is 4. The summed E-state index contributed by atoms with van der Waals surface area (Å²) in [5.74, 6) is -0.0707. The molecule has 0 aliphatic heterocycles. The molecule has 7 heteroatoms. The standard InChI is InChI=1S/C18H17N3O3S/c1-11(2)12-7-8-15-16(10-12)25-18(20(15)3)19-17(22)13-5-4-6-14(9-13)21(23)24/h4-11H,1-3H3. The maximum absolute atomic E-state index is 12.4. The highest BCUT2D eigenvalue weighted by molar-refractivity contribution is 7.16. The second-order valence-electron chi connectivity index (χ2n) is 6.05. The summed E-state index contributed by atoms with van der Waals surface area (Å²) in [7, 11) is 1.85. The van der Waals surface area contributed by atoms with Gasteiger partial charge in [-0.15, -0.1) is 0 Å². The van der Waals surface area contributed by atoms with E-state index < -0.39 is 10.8 Å². The van der Waals surface area contributed by atoms with Gasteiger partial charge in [0, 0.05) is 24.7 Å². The molecule has 0 unspecified atom stereocenters. The summed E-state index contributed by atoms with van der Waals surface area (Å²) in [6, 6.07) is 11.8. The highest BCUT2D eigenvalue weighted by Gasteiger charge is 2.12. The number of non-ortho nitro benzene ring substituents is 1. The van der Waals surface area contributed by atoms with E-state index in [1.807, 2.05) is 17.7 Å². The van der Waals surface area contributed by atoms with Crippen molar-refractivity contribution in [3.05, 3.63) is 68.5 Å². The Balaban J connectivity index is 2.06. The van der Waals surface area contributed by atoms with Gasteiger partial charge in [0.15, 0.2) is 4.80 Å². The van der Waals surface area contributed by atoms with Gasteiger partial charge in [-0.2, -0.15) is 4.99 Å². The second-order valence-corrected chi connectivity index (χ2v) is 7.06. The minimum atomic E-state index is -0.524. The fourth-order valence-electron chi connectivity index (χ4n) is 2.52. The monoisotopic (exact) mass is 355 g/mol. The number of hydrogen-bond donors (Lipinski definition) is 0. The first-order valence-corrected chi connectivity index (χ1v) is 8.61. The first-order chi connectivity index (χ1) is 11.9. The lowest BCUT2D eigenvalue weighted by molar-refractivity contribution is -0.384. The van der Waals surface area contributed by atoms with E-state index in [9.17, 15) is 14.9 Å². The predicted octanol–water partition coefficient (Wildman–Crippen LogP) is 4.01. The minimum Gasteiger partial charge on any atom is -0.319 e. The third-order valence-corrected chi connectivity index (χ3v) is 5.10. The molecule has 3 rings (SSSR count). The zero-order valence-electron chi connectivity index (χ0n) is 14.1. The number of amides is 1. The van der Waals surface area contributed by atoms with Crippen molar-refractivity contribution in [1.82, 2.24) is 4.57 Å². The topological polar surface area (TPSA) is 77.5 Å². The van der Waals surface area contributed by atoms with Crippen molar-refractivity contribution in [2.45, 2.75) is 19.8 Å². The Bertz CT molecular complexity index is 1050. The van der Waals surface area contributed by atoms with E-state index in [0.717, 1.165) is 10.2 Å². The van der Waals surface area contributed by atoms with Crippen LogP contribution in [0.2, 0.25) is 0 Å². The second kappa shape index (κ2) is 6.60. The van der Waals surface area contributed by atoms with Crippen molar-refractivity contribution < 1.29 is 9.72 Å². The van der Waals surface area contributed by atoms with Gasteiger partial charge in [-0.25, -0.2) is 0 Å². The number of benzene rings is 2. The maximum Gasteiger partial charge on any atom is 0.279 e. The molecule has 0 radical (unpaired) electrons. The summed E-state index contributed by atoms with van der Waals surface area (Å²) in [5.41, 5.74) is 2.31. The van der Waals surface area contributed by atoms with Crippen LogP contribution in [-0.2, 0) is 7.05 Å². The summed E-state index contributed by atoms with van der Waals surface area (Å²) in [5, 5.41) is 10.9. The Labute approximate surface area is 148 Å². The zero-order valence-corrected chi connectivity index (χ0v) is 14.9. The molecule has 1 aromatic heterocycles. The molecule has 0 N–H and O–H groups in total. The van der Waals surface area contributed by atoms with Crippen molar-refractivity contribution >= 4 is 33.1 Å². The van der Waals surface area contributed by atoms with E-state index in [4.69, 9.17) is 0 Å². The van der Waals surface area contributed by atoms with Gasteiger partial charge < -0.3 is 4.57 Å². The molecular weight excluding hydrogens is 338 g/mol. The third kappa shape index (κ3) is 3.36. The van der Waals surface area contributed by atoms with Crippen LogP contribution in [0.25, 0.3) is 10.2 Å². The van der Waals surface area contributed by atoms with Crippen LogP contribution < -0.4 is 4.80 Å². The van der Waals surface area contributed by atoms with Crippen LogP contribution in [0.4, 0.5) is 5.69 Å². The van der Waals surface area contributed by atoms with Gasteiger partial charge in [-0.1, -0.05) is 37.3 Å². The van der Waals surface area contributed by atoms with Crippen LogP contribution in [0.3, 0.4) is 0 Å². The van der Waals surface area contributed by atoms with Gasteiger partial charge in [0.1, 0.15) is 0 Å². The van der Waals surface area contributed by atoms with Crippen LogP contribution in [-0.4, -0.2) is 15.4 Å². The number of rotatable bonds is 3. The number of fused-ring (bicyclic) bond motifs is 1.